The van der Waals surface area contributed by atoms with E-state index in [1.807, 2.05) is 0 Å². The summed E-state index contributed by atoms with van der Waals surface area (Å²) >= 11 is 0. The number of hydrogen-bond donors (Lipinski definition) is 0. The average Bonchev–Trinajstić information content (AvgIpc) is 2.23. The van der Waals surface area contributed by atoms with Gasteiger partial charge in [-0.2, -0.15) is 13.2 Å². The second-order valence-corrected chi connectivity index (χ2v) is 4.90. The van der Waals surface area contributed by atoms with Crippen LogP contribution in [0.1, 0.15) is 26.3 Å². The lowest BCUT2D eigenvalue weighted by Gasteiger charge is -2.19. The molecule has 106 valence electrons. The molecule has 0 aromatic heterocycles. The number of benzene rings is 1. The highest BCUT2D eigenvalue weighted by atomic mass is 19.4. The number of halogens is 3. The van der Waals surface area contributed by atoms with Crippen molar-refractivity contribution in [1.82, 2.24) is 0 Å². The van der Waals surface area contributed by atoms with Crippen LogP contribution >= 0.6 is 0 Å². The minimum absolute atomic E-state index is 0.179. The highest BCUT2D eigenvalue weighted by Gasteiger charge is 2.30. The number of esters is 1. The Bertz CT molecular complexity index is 430. The maximum atomic E-state index is 12.3. The lowest BCUT2D eigenvalue weighted by atomic mass is 10.2. The third kappa shape index (κ3) is 5.63. The molecule has 0 aliphatic rings. The Kier molecular flexibility index (Phi) is 4.44. The van der Waals surface area contributed by atoms with Gasteiger partial charge in [0.2, 0.25) is 0 Å². The molecule has 6 heteroatoms. The Morgan fingerprint density at radius 2 is 1.63 bits per heavy atom. The zero-order valence-corrected chi connectivity index (χ0v) is 10.9. The van der Waals surface area contributed by atoms with E-state index in [9.17, 15) is 18.0 Å². The highest BCUT2D eigenvalue weighted by Crippen LogP contribution is 2.30. The van der Waals surface area contributed by atoms with Crippen molar-refractivity contribution < 1.29 is 27.4 Å². The van der Waals surface area contributed by atoms with E-state index in [2.05, 4.69) is 0 Å². The molecule has 19 heavy (non-hydrogen) atoms. The first-order valence-electron chi connectivity index (χ1n) is 5.60. The molecule has 1 aromatic rings. The molecule has 0 heterocycles. The number of hydrogen-bond acceptors (Lipinski definition) is 3. The van der Waals surface area contributed by atoms with Crippen molar-refractivity contribution in [2.24, 2.45) is 0 Å². The number of rotatable bonds is 3. The van der Waals surface area contributed by atoms with E-state index in [0.29, 0.717) is 0 Å². The molecule has 0 amide bonds. The summed E-state index contributed by atoms with van der Waals surface area (Å²) in [6, 6.07) is 4.11. The summed E-state index contributed by atoms with van der Waals surface area (Å²) in [7, 11) is 0. The fraction of sp³-hybridized carbons (Fsp3) is 0.462. The van der Waals surface area contributed by atoms with E-state index < -0.39 is 23.3 Å². The molecule has 0 unspecified atom stereocenters. The monoisotopic (exact) mass is 276 g/mol. The van der Waals surface area contributed by atoms with Crippen molar-refractivity contribution in [3.05, 3.63) is 29.8 Å². The first-order chi connectivity index (χ1) is 8.58. The van der Waals surface area contributed by atoms with Crippen molar-refractivity contribution in [3.63, 3.8) is 0 Å². The summed E-state index contributed by atoms with van der Waals surface area (Å²) < 4.78 is 46.9. The van der Waals surface area contributed by atoms with Crippen LogP contribution in [-0.4, -0.2) is 18.2 Å². The largest absolute Gasteiger partial charge is 0.482 e. The van der Waals surface area contributed by atoms with Crippen LogP contribution < -0.4 is 4.74 Å². The van der Waals surface area contributed by atoms with Crippen LogP contribution in [0.3, 0.4) is 0 Å². The van der Waals surface area contributed by atoms with Crippen LogP contribution in [-0.2, 0) is 15.7 Å². The highest BCUT2D eigenvalue weighted by molar-refractivity contribution is 5.71. The van der Waals surface area contributed by atoms with Crippen molar-refractivity contribution in [2.75, 3.05) is 6.61 Å². The molecule has 3 nitrogen and oxygen atoms in total. The van der Waals surface area contributed by atoms with Crippen LogP contribution in [0, 0.1) is 0 Å². The van der Waals surface area contributed by atoms with Gasteiger partial charge < -0.3 is 9.47 Å². The van der Waals surface area contributed by atoms with Gasteiger partial charge in [-0.05, 0) is 45.0 Å². The zero-order chi connectivity index (χ0) is 14.7. The van der Waals surface area contributed by atoms with E-state index in [0.717, 1.165) is 24.3 Å². The minimum atomic E-state index is -4.39. The molecule has 0 atom stereocenters. The summed E-state index contributed by atoms with van der Waals surface area (Å²) in [5, 5.41) is 0. The van der Waals surface area contributed by atoms with Gasteiger partial charge in [0.1, 0.15) is 11.4 Å². The maximum absolute atomic E-state index is 12.3. The maximum Gasteiger partial charge on any atom is 0.416 e. The SMILES string of the molecule is CC(C)(C)OC(=O)COc1ccc(C(F)(F)F)cc1. The normalized spacial score (nSPS) is 12.1. The molecule has 0 saturated carbocycles. The molecule has 0 aliphatic heterocycles. The van der Waals surface area contributed by atoms with Gasteiger partial charge in [0, 0.05) is 0 Å². The fourth-order valence-electron chi connectivity index (χ4n) is 1.25. The van der Waals surface area contributed by atoms with Crippen LogP contribution in [0.4, 0.5) is 13.2 Å². The number of carbonyl (C=O) groups is 1. The van der Waals surface area contributed by atoms with Crippen molar-refractivity contribution in [1.29, 1.82) is 0 Å². The predicted octanol–water partition coefficient (Wildman–Crippen LogP) is 3.43. The Morgan fingerprint density at radius 1 is 1.11 bits per heavy atom. The first kappa shape index (κ1) is 15.3. The van der Waals surface area contributed by atoms with Crippen LogP contribution in [0.2, 0.25) is 0 Å². The lowest BCUT2D eigenvalue weighted by molar-refractivity contribution is -0.157. The Hall–Kier alpha value is -1.72. The third-order valence-corrected chi connectivity index (χ3v) is 1.96. The lowest BCUT2D eigenvalue weighted by Crippen LogP contribution is -2.27. The van der Waals surface area contributed by atoms with Crippen molar-refractivity contribution in [2.45, 2.75) is 32.5 Å². The standard InChI is InChI=1S/C13H15F3O3/c1-12(2,3)19-11(17)8-18-10-6-4-9(5-7-10)13(14,15)16/h4-7H,8H2,1-3H3. The quantitative estimate of drug-likeness (QED) is 0.793. The van der Waals surface area contributed by atoms with Gasteiger partial charge in [0.25, 0.3) is 0 Å². The summed E-state index contributed by atoms with van der Waals surface area (Å²) in [6.07, 6.45) is -4.39. The van der Waals surface area contributed by atoms with Gasteiger partial charge in [0.15, 0.2) is 6.61 Å². The molecule has 0 saturated heterocycles. The molecule has 1 rings (SSSR count). The molecule has 0 radical (unpaired) electrons. The average molecular weight is 276 g/mol. The Labute approximate surface area is 109 Å². The second kappa shape index (κ2) is 5.50. The van der Waals surface area contributed by atoms with E-state index in [1.165, 1.54) is 0 Å². The van der Waals surface area contributed by atoms with Gasteiger partial charge in [-0.3, -0.25) is 0 Å². The van der Waals surface area contributed by atoms with E-state index in [1.54, 1.807) is 20.8 Å². The molecule has 0 spiro atoms. The molecule has 0 N–H and O–H groups in total. The van der Waals surface area contributed by atoms with Gasteiger partial charge in [-0.1, -0.05) is 0 Å². The Balaban J connectivity index is 2.53. The first-order valence-corrected chi connectivity index (χ1v) is 5.60. The van der Waals surface area contributed by atoms with E-state index >= 15 is 0 Å². The zero-order valence-electron chi connectivity index (χ0n) is 10.9. The summed E-state index contributed by atoms with van der Waals surface area (Å²) in [6.45, 7) is 4.79. The molecule has 0 bridgehead atoms. The number of alkyl halides is 3. The topological polar surface area (TPSA) is 35.5 Å². The molecule has 0 aliphatic carbocycles. The summed E-state index contributed by atoms with van der Waals surface area (Å²) in [4.78, 5) is 11.3. The van der Waals surface area contributed by atoms with Crippen LogP contribution in [0.15, 0.2) is 24.3 Å². The molecule has 0 fully saturated rings. The van der Waals surface area contributed by atoms with Crippen molar-refractivity contribution in [3.8, 4) is 5.75 Å². The van der Waals surface area contributed by atoms with E-state index in [-0.39, 0.29) is 12.4 Å². The van der Waals surface area contributed by atoms with Crippen LogP contribution in [0.25, 0.3) is 0 Å². The molecule has 1 aromatic carbocycles. The van der Waals surface area contributed by atoms with Crippen LogP contribution in [0.5, 0.6) is 5.75 Å². The molecular formula is C13H15F3O3. The van der Waals surface area contributed by atoms with Gasteiger partial charge >= 0.3 is 12.1 Å². The number of ether oxygens (including phenoxy) is 2. The van der Waals surface area contributed by atoms with Crippen molar-refractivity contribution >= 4 is 5.97 Å². The fourth-order valence-corrected chi connectivity index (χ4v) is 1.25. The third-order valence-electron chi connectivity index (χ3n) is 1.96. The minimum Gasteiger partial charge on any atom is -0.482 e. The smallest absolute Gasteiger partial charge is 0.416 e. The summed E-state index contributed by atoms with van der Waals surface area (Å²) in [5.41, 5.74) is -1.39. The molecular weight excluding hydrogens is 261 g/mol. The number of carbonyl (C=O) groups excluding carboxylic acids is 1. The predicted molar refractivity (Wildman–Crippen MR) is 62.8 cm³/mol. The second-order valence-electron chi connectivity index (χ2n) is 4.90. The van der Waals surface area contributed by atoms with Gasteiger partial charge in [-0.15, -0.1) is 0 Å². The van der Waals surface area contributed by atoms with E-state index in [4.69, 9.17) is 9.47 Å². The summed E-state index contributed by atoms with van der Waals surface area (Å²) in [5.74, 6) is -0.397. The van der Waals surface area contributed by atoms with Gasteiger partial charge in [-0.25, -0.2) is 4.79 Å². The Morgan fingerprint density at radius 3 is 2.05 bits per heavy atom. The van der Waals surface area contributed by atoms with Gasteiger partial charge in [0.05, 0.1) is 5.56 Å².